The van der Waals surface area contributed by atoms with Crippen LogP contribution in [-0.2, 0) is 31.7 Å². The van der Waals surface area contributed by atoms with Crippen LogP contribution in [0, 0.1) is 5.92 Å². The Labute approximate surface area is 136 Å². The van der Waals surface area contributed by atoms with Gasteiger partial charge in [0.25, 0.3) is 0 Å². The van der Waals surface area contributed by atoms with Crippen LogP contribution in [0.1, 0.15) is 24.5 Å². The van der Waals surface area contributed by atoms with Crippen LogP contribution in [0.4, 0.5) is 13.2 Å². The van der Waals surface area contributed by atoms with Crippen molar-refractivity contribution >= 4 is 17.8 Å². The monoisotopic (exact) mass is 343 g/mol. The Morgan fingerprint density at radius 1 is 1.33 bits per heavy atom. The molecule has 1 aliphatic heterocycles. The third kappa shape index (κ3) is 4.12. The van der Waals surface area contributed by atoms with E-state index in [1.54, 1.807) is 6.92 Å². The lowest BCUT2D eigenvalue weighted by atomic mass is 9.96. The van der Waals surface area contributed by atoms with E-state index in [0.29, 0.717) is 5.56 Å². The molecule has 130 valence electrons. The molecule has 0 saturated carbocycles. The van der Waals surface area contributed by atoms with Crippen molar-refractivity contribution in [2.75, 3.05) is 13.2 Å². The van der Waals surface area contributed by atoms with Gasteiger partial charge in [0.2, 0.25) is 11.8 Å². The number of alkyl halides is 3. The first-order valence-electron chi connectivity index (χ1n) is 7.38. The number of benzene rings is 1. The van der Waals surface area contributed by atoms with Crippen molar-refractivity contribution in [3.8, 4) is 0 Å². The summed E-state index contributed by atoms with van der Waals surface area (Å²) >= 11 is 0. The first-order valence-corrected chi connectivity index (χ1v) is 7.38. The number of likely N-dealkylation sites (tertiary alicyclic amines) is 1. The number of esters is 1. The summed E-state index contributed by atoms with van der Waals surface area (Å²) in [5, 5.41) is 0. The molecule has 1 aliphatic rings. The number of rotatable bonds is 5. The molecule has 0 bridgehead atoms. The standard InChI is InChI=1S/C16H16F3NO4/c1-2-24-14(22)9-20-13(21)8-11(15(20)23)6-10-4-3-5-12(7-10)16(17,18)19/h3-5,7,11H,2,6,8-9H2,1H3. The highest BCUT2D eigenvalue weighted by Gasteiger charge is 2.40. The summed E-state index contributed by atoms with van der Waals surface area (Å²) in [5.41, 5.74) is -0.492. The van der Waals surface area contributed by atoms with Crippen LogP contribution in [0.25, 0.3) is 0 Å². The highest BCUT2D eigenvalue weighted by atomic mass is 19.4. The molecule has 0 aromatic heterocycles. The maximum absolute atomic E-state index is 12.7. The van der Waals surface area contributed by atoms with Crippen LogP contribution >= 0.6 is 0 Å². The molecule has 2 amide bonds. The second kappa shape index (κ2) is 7.02. The minimum absolute atomic E-state index is 0.00776. The van der Waals surface area contributed by atoms with Gasteiger partial charge >= 0.3 is 12.1 Å². The van der Waals surface area contributed by atoms with E-state index in [9.17, 15) is 27.6 Å². The Balaban J connectivity index is 2.08. The Kier molecular flexibility index (Phi) is 5.26. The molecule has 2 rings (SSSR count). The second-order valence-electron chi connectivity index (χ2n) is 5.43. The summed E-state index contributed by atoms with van der Waals surface area (Å²) in [6, 6.07) is 4.64. The van der Waals surface area contributed by atoms with Crippen LogP contribution in [-0.4, -0.2) is 35.8 Å². The van der Waals surface area contributed by atoms with Gasteiger partial charge in [-0.25, -0.2) is 0 Å². The molecule has 0 radical (unpaired) electrons. The topological polar surface area (TPSA) is 63.7 Å². The smallest absolute Gasteiger partial charge is 0.416 e. The number of amides is 2. The molecule has 24 heavy (non-hydrogen) atoms. The van der Waals surface area contributed by atoms with Crippen molar-refractivity contribution in [3.63, 3.8) is 0 Å². The summed E-state index contributed by atoms with van der Waals surface area (Å²) in [6.07, 6.45) is -4.59. The van der Waals surface area contributed by atoms with Crippen LogP contribution in [0.15, 0.2) is 24.3 Å². The van der Waals surface area contributed by atoms with Crippen LogP contribution in [0.5, 0.6) is 0 Å². The highest BCUT2D eigenvalue weighted by molar-refractivity contribution is 6.05. The van der Waals surface area contributed by atoms with E-state index in [4.69, 9.17) is 4.74 Å². The summed E-state index contributed by atoms with van der Waals surface area (Å²) in [7, 11) is 0. The predicted molar refractivity (Wildman–Crippen MR) is 76.6 cm³/mol. The van der Waals surface area contributed by atoms with E-state index >= 15 is 0 Å². The maximum Gasteiger partial charge on any atom is 0.416 e. The first-order chi connectivity index (χ1) is 11.2. The van der Waals surface area contributed by atoms with Gasteiger partial charge in [-0.2, -0.15) is 13.2 Å². The molecule has 8 heteroatoms. The van der Waals surface area contributed by atoms with Crippen molar-refractivity contribution in [1.29, 1.82) is 0 Å². The van der Waals surface area contributed by atoms with Crippen molar-refractivity contribution in [2.45, 2.75) is 25.9 Å². The maximum atomic E-state index is 12.7. The van der Waals surface area contributed by atoms with Gasteiger partial charge in [0, 0.05) is 6.42 Å². The second-order valence-corrected chi connectivity index (χ2v) is 5.43. The fourth-order valence-corrected chi connectivity index (χ4v) is 2.57. The lowest BCUT2D eigenvalue weighted by Crippen LogP contribution is -2.36. The lowest BCUT2D eigenvalue weighted by molar-refractivity contribution is -0.152. The average Bonchev–Trinajstić information content (AvgIpc) is 2.75. The molecule has 1 saturated heterocycles. The molecule has 1 unspecified atom stereocenters. The molecule has 0 aliphatic carbocycles. The number of halogens is 3. The number of hydrogen-bond acceptors (Lipinski definition) is 4. The van der Waals surface area contributed by atoms with E-state index in [2.05, 4.69) is 0 Å². The van der Waals surface area contributed by atoms with Gasteiger partial charge < -0.3 is 4.74 Å². The quantitative estimate of drug-likeness (QED) is 0.607. The van der Waals surface area contributed by atoms with E-state index in [1.807, 2.05) is 0 Å². The molecule has 1 aromatic rings. The number of hydrogen-bond donors (Lipinski definition) is 0. The molecule has 1 aromatic carbocycles. The van der Waals surface area contributed by atoms with Crippen molar-refractivity contribution in [3.05, 3.63) is 35.4 Å². The van der Waals surface area contributed by atoms with Gasteiger partial charge in [-0.05, 0) is 25.0 Å². The first kappa shape index (κ1) is 18.0. The molecule has 5 nitrogen and oxygen atoms in total. The van der Waals surface area contributed by atoms with Crippen molar-refractivity contribution in [2.24, 2.45) is 5.92 Å². The van der Waals surface area contributed by atoms with Crippen LogP contribution < -0.4 is 0 Å². The Bertz CT molecular complexity index is 657. The van der Waals surface area contributed by atoms with E-state index < -0.39 is 42.0 Å². The predicted octanol–water partition coefficient (Wildman–Crippen LogP) is 2.19. The number of carbonyl (C=O) groups excluding carboxylic acids is 3. The summed E-state index contributed by atoms with van der Waals surface area (Å²) in [4.78, 5) is 36.3. The minimum atomic E-state index is -4.47. The van der Waals surface area contributed by atoms with Crippen LogP contribution in [0.2, 0.25) is 0 Å². The van der Waals surface area contributed by atoms with E-state index in [-0.39, 0.29) is 19.4 Å². The number of ether oxygens (including phenoxy) is 1. The van der Waals surface area contributed by atoms with Gasteiger partial charge in [0.15, 0.2) is 0 Å². The zero-order chi connectivity index (χ0) is 17.9. The third-order valence-electron chi connectivity index (χ3n) is 3.67. The summed E-state index contributed by atoms with van der Waals surface area (Å²) in [6.45, 7) is 1.26. The normalized spacial score (nSPS) is 18.2. The Hall–Kier alpha value is -2.38. The summed E-state index contributed by atoms with van der Waals surface area (Å²) in [5.74, 6) is -2.55. The van der Waals surface area contributed by atoms with E-state index in [0.717, 1.165) is 17.0 Å². The molecule has 1 fully saturated rings. The highest BCUT2D eigenvalue weighted by Crippen LogP contribution is 2.31. The average molecular weight is 343 g/mol. The molecule has 0 N–H and O–H groups in total. The van der Waals surface area contributed by atoms with E-state index in [1.165, 1.54) is 12.1 Å². The summed E-state index contributed by atoms with van der Waals surface area (Å²) < 4.78 is 42.8. The minimum Gasteiger partial charge on any atom is -0.465 e. The largest absolute Gasteiger partial charge is 0.465 e. The van der Waals surface area contributed by atoms with Gasteiger partial charge in [0.1, 0.15) is 6.54 Å². The van der Waals surface area contributed by atoms with Gasteiger partial charge in [-0.15, -0.1) is 0 Å². The lowest BCUT2D eigenvalue weighted by Gasteiger charge is -2.14. The molecular formula is C16H16F3NO4. The van der Waals surface area contributed by atoms with Crippen LogP contribution in [0.3, 0.4) is 0 Å². The van der Waals surface area contributed by atoms with Crippen molar-refractivity contribution < 1.29 is 32.3 Å². The number of imide groups is 1. The fourth-order valence-electron chi connectivity index (χ4n) is 2.57. The van der Waals surface area contributed by atoms with Gasteiger partial charge in [-0.3, -0.25) is 19.3 Å². The Morgan fingerprint density at radius 2 is 2.04 bits per heavy atom. The zero-order valence-corrected chi connectivity index (χ0v) is 12.9. The zero-order valence-electron chi connectivity index (χ0n) is 12.9. The van der Waals surface area contributed by atoms with Gasteiger partial charge in [0.05, 0.1) is 18.1 Å². The number of nitrogens with zero attached hydrogens (tertiary/aromatic N) is 1. The third-order valence-corrected chi connectivity index (χ3v) is 3.67. The molecule has 0 spiro atoms. The SMILES string of the molecule is CCOC(=O)CN1C(=O)CC(Cc2cccc(C(F)(F)F)c2)C1=O. The molecule has 1 atom stereocenters. The molecule has 1 heterocycles. The molecular weight excluding hydrogens is 327 g/mol. The fraction of sp³-hybridized carbons (Fsp3) is 0.438. The number of carbonyl (C=O) groups is 3. The van der Waals surface area contributed by atoms with Gasteiger partial charge in [-0.1, -0.05) is 18.2 Å². The Morgan fingerprint density at radius 3 is 2.67 bits per heavy atom. The van der Waals surface area contributed by atoms with Crippen molar-refractivity contribution in [1.82, 2.24) is 4.90 Å².